The number of nitrogens with zero attached hydrogens (tertiary/aromatic N) is 2. The van der Waals surface area contributed by atoms with Crippen molar-refractivity contribution in [2.24, 2.45) is 5.92 Å². The Morgan fingerprint density at radius 1 is 0.817 bits per heavy atom. The zero-order valence-corrected chi connectivity index (χ0v) is 44.6. The van der Waals surface area contributed by atoms with E-state index >= 15 is 0 Å². The van der Waals surface area contributed by atoms with E-state index < -0.39 is 0 Å². The van der Waals surface area contributed by atoms with Gasteiger partial charge in [-0.1, -0.05) is 161 Å². The van der Waals surface area contributed by atoms with E-state index in [4.69, 9.17) is 9.47 Å². The number of anilines is 3. The second-order valence-electron chi connectivity index (χ2n) is 18.1. The first kappa shape index (κ1) is 53.1. The third kappa shape index (κ3) is 12.2. The highest BCUT2D eigenvalue weighted by atomic mass is 16.5. The van der Waals surface area contributed by atoms with Crippen LogP contribution < -0.4 is 9.80 Å². The molecule has 0 saturated heterocycles. The van der Waals surface area contributed by atoms with Crippen LogP contribution in [0.5, 0.6) is 0 Å². The van der Waals surface area contributed by atoms with E-state index in [2.05, 4.69) is 249 Å². The van der Waals surface area contributed by atoms with Crippen molar-refractivity contribution in [3.63, 3.8) is 0 Å². The summed E-state index contributed by atoms with van der Waals surface area (Å²) in [5.74, 6) is 1.78. The summed E-state index contributed by atoms with van der Waals surface area (Å²) in [7, 11) is 0. The van der Waals surface area contributed by atoms with Gasteiger partial charge in [0.15, 0.2) is 0 Å². The third-order valence-electron chi connectivity index (χ3n) is 13.0. The van der Waals surface area contributed by atoms with Crippen LogP contribution in [0.1, 0.15) is 97.4 Å². The number of hydrogen-bond acceptors (Lipinski definition) is 4. The van der Waals surface area contributed by atoms with Crippen molar-refractivity contribution < 1.29 is 9.47 Å². The molecule has 1 aliphatic heterocycles. The molecular weight excluding hydrogens is 865 g/mol. The molecule has 0 saturated carbocycles. The van der Waals surface area contributed by atoms with Crippen LogP contribution in [0, 0.1) is 26.7 Å². The molecule has 1 heterocycles. The number of rotatable bonds is 13. The number of fused-ring (bicyclic) bond motifs is 3. The lowest BCUT2D eigenvalue weighted by Crippen LogP contribution is -2.21. The van der Waals surface area contributed by atoms with Gasteiger partial charge in [0.2, 0.25) is 0 Å². The van der Waals surface area contributed by atoms with Gasteiger partial charge < -0.3 is 19.3 Å². The fourth-order valence-electron chi connectivity index (χ4n) is 9.32. The first-order valence-electron chi connectivity index (χ1n) is 25.5. The van der Waals surface area contributed by atoms with Gasteiger partial charge in [-0.05, 0) is 166 Å². The van der Waals surface area contributed by atoms with Crippen LogP contribution in [0.3, 0.4) is 0 Å². The van der Waals surface area contributed by atoms with Crippen molar-refractivity contribution in [1.29, 1.82) is 0 Å². The fraction of sp³-hybridized carbons (Fsp3) is 0.254. The minimum Gasteiger partial charge on any atom is -0.487 e. The average Bonchev–Trinajstić information content (AvgIpc) is 3.76. The Morgan fingerprint density at radius 2 is 1.58 bits per heavy atom. The van der Waals surface area contributed by atoms with Crippen LogP contribution in [0.15, 0.2) is 228 Å². The molecule has 71 heavy (non-hydrogen) atoms. The minimum atomic E-state index is 0.144. The first-order valence-corrected chi connectivity index (χ1v) is 25.5. The van der Waals surface area contributed by atoms with Crippen molar-refractivity contribution in [3.8, 4) is 0 Å². The Morgan fingerprint density at radius 3 is 2.31 bits per heavy atom. The van der Waals surface area contributed by atoms with Crippen molar-refractivity contribution in [1.82, 2.24) is 0 Å². The van der Waals surface area contributed by atoms with Gasteiger partial charge in [0.1, 0.15) is 24.7 Å². The molecule has 0 radical (unpaired) electrons. The Kier molecular flexibility index (Phi) is 19.1. The van der Waals surface area contributed by atoms with Gasteiger partial charge >= 0.3 is 0 Å². The lowest BCUT2D eigenvalue weighted by molar-refractivity contribution is 0.241. The Hall–Kier alpha value is -7.30. The molecule has 0 spiro atoms. The van der Waals surface area contributed by atoms with Crippen LogP contribution in [0.2, 0.25) is 0 Å². The summed E-state index contributed by atoms with van der Waals surface area (Å²) >= 11 is 0. The summed E-state index contributed by atoms with van der Waals surface area (Å²) in [6.45, 7) is 31.1. The van der Waals surface area contributed by atoms with Crippen molar-refractivity contribution in [2.45, 2.75) is 95.9 Å². The molecule has 1 atom stereocenters. The largest absolute Gasteiger partial charge is 0.487 e. The van der Waals surface area contributed by atoms with E-state index in [1.807, 2.05) is 26.8 Å². The predicted octanol–water partition coefficient (Wildman–Crippen LogP) is 19.0. The highest BCUT2D eigenvalue weighted by Gasteiger charge is 2.28. The van der Waals surface area contributed by atoms with Crippen LogP contribution in [-0.2, 0) is 9.47 Å². The smallest absolute Gasteiger partial charge is 0.147 e. The van der Waals surface area contributed by atoms with Crippen molar-refractivity contribution >= 4 is 44.7 Å². The van der Waals surface area contributed by atoms with E-state index in [-0.39, 0.29) is 5.92 Å². The fourth-order valence-corrected chi connectivity index (χ4v) is 9.32. The summed E-state index contributed by atoms with van der Waals surface area (Å²) in [5, 5.41) is 4.79. The number of aryl methyl sites for hydroxylation is 3. The van der Waals surface area contributed by atoms with Crippen LogP contribution >= 0.6 is 0 Å². The van der Waals surface area contributed by atoms with Crippen LogP contribution in [0.4, 0.5) is 17.1 Å². The van der Waals surface area contributed by atoms with Gasteiger partial charge in [-0.2, -0.15) is 0 Å². The van der Waals surface area contributed by atoms with Crippen molar-refractivity contribution in [3.05, 3.63) is 250 Å². The number of hydrogen-bond donors (Lipinski definition) is 0. The molecule has 1 unspecified atom stereocenters. The number of para-hydroxylation sites is 1. The van der Waals surface area contributed by atoms with E-state index in [0.29, 0.717) is 13.2 Å². The maximum Gasteiger partial charge on any atom is 0.147 e. The first-order chi connectivity index (χ1) is 34.5. The maximum atomic E-state index is 7.01. The molecule has 2 aliphatic carbocycles. The summed E-state index contributed by atoms with van der Waals surface area (Å²) in [6.07, 6.45) is 44.8. The van der Waals surface area contributed by atoms with Gasteiger partial charge in [0.25, 0.3) is 0 Å². The monoisotopic (exact) mass is 941 g/mol. The molecular formula is C67H76N2O2. The second kappa shape index (κ2) is 25.5. The summed E-state index contributed by atoms with van der Waals surface area (Å²) < 4.78 is 13.8. The lowest BCUT2D eigenvalue weighted by Gasteiger charge is -2.32. The molecule has 0 N–H and O–H groups in total. The molecule has 4 aromatic rings. The molecule has 4 nitrogen and oxygen atoms in total. The molecule has 0 fully saturated rings. The quantitative estimate of drug-likeness (QED) is 0.0985. The van der Waals surface area contributed by atoms with Crippen molar-refractivity contribution in [2.75, 3.05) is 23.0 Å². The third-order valence-corrected chi connectivity index (χ3v) is 13.0. The number of ether oxygens (including phenoxy) is 2. The molecule has 7 rings (SSSR count). The summed E-state index contributed by atoms with van der Waals surface area (Å²) in [5.41, 5.74) is 15.4. The Labute approximate surface area is 426 Å². The van der Waals surface area contributed by atoms with E-state index in [1.165, 1.54) is 49.6 Å². The average molecular weight is 941 g/mol. The highest BCUT2D eigenvalue weighted by molar-refractivity contribution is 6.19. The Bertz CT molecular complexity index is 3050. The molecule has 0 bridgehead atoms. The molecule has 4 heteroatoms. The van der Waals surface area contributed by atoms with Crippen LogP contribution in [0.25, 0.3) is 27.6 Å². The molecule has 0 aromatic heterocycles. The SMILES string of the molecule is C=C1/C=C\C=C(\C)COC(=C\N(C2=CC=CC=CC2)c2cc(C)c(/C=C\C)c3c2ccc2c(C)cc(N(C4=C(OC/C(C)=C\C)C(C(C)/C=C\C)=CCC=C4)c4ccccc4)c(C)c23)/C1=C\C=C/C.CC. The maximum absolute atomic E-state index is 7.01. The van der Waals surface area contributed by atoms with E-state index in [9.17, 15) is 0 Å². The molecule has 4 aromatic carbocycles. The van der Waals surface area contributed by atoms with Gasteiger partial charge in [-0.15, -0.1) is 0 Å². The molecule has 3 aliphatic rings. The van der Waals surface area contributed by atoms with Gasteiger partial charge in [-0.25, -0.2) is 0 Å². The summed E-state index contributed by atoms with van der Waals surface area (Å²) in [6, 6.07) is 20.2. The molecule has 366 valence electrons. The zero-order valence-electron chi connectivity index (χ0n) is 44.6. The topological polar surface area (TPSA) is 24.9 Å². The lowest BCUT2D eigenvalue weighted by atomic mass is 9.88. The minimum absolute atomic E-state index is 0.144. The second-order valence-corrected chi connectivity index (χ2v) is 18.1. The zero-order chi connectivity index (χ0) is 51.0. The summed E-state index contributed by atoms with van der Waals surface area (Å²) in [4.78, 5) is 4.79. The molecule has 0 amide bonds. The van der Waals surface area contributed by atoms with E-state index in [1.54, 1.807) is 0 Å². The van der Waals surface area contributed by atoms with Gasteiger partial charge in [0, 0.05) is 34.7 Å². The normalized spacial score (nSPS) is 18.4. The van der Waals surface area contributed by atoms with Crippen LogP contribution in [-0.4, -0.2) is 13.2 Å². The van der Waals surface area contributed by atoms with E-state index in [0.717, 1.165) is 74.9 Å². The van der Waals surface area contributed by atoms with Gasteiger partial charge in [-0.3, -0.25) is 0 Å². The Balaban J connectivity index is 0.00000407. The highest BCUT2D eigenvalue weighted by Crippen LogP contribution is 2.47. The van der Waals surface area contributed by atoms with Gasteiger partial charge in [0.05, 0.1) is 23.3 Å². The number of benzene rings is 4. The number of allylic oxidation sites excluding steroid dienone is 20. The predicted molar refractivity (Wildman–Crippen MR) is 311 cm³/mol. The standard InChI is InChI=1S/C65H70N2O2.C2H6/c1-12-16-35-54-48(8)30-26-29-46(6)44-68-62(54)42-66(52-31-20-17-18-21-32-52)61-41-50(10)55(28-14-3)64-58(61)39-38-56-49(9)40-60(51(11)63(56)64)67(53-33-22-19-23-34-53)59-37-25-24-36-57(47(7)27-13-2)65(59)69-43-45(5)15-4;1-2/h12-23,25-31,33-42,47H,8,24,32,43-44H2,1-7,9-11H3;1-2H3/b16-12-,27-13-,28-14-,30-26-,45-15-,46-29-,54-35-,62-42-;.